The molecule has 13 heavy (non-hydrogen) atoms. The van der Waals surface area contributed by atoms with Crippen molar-refractivity contribution in [2.75, 3.05) is 0 Å². The summed E-state index contributed by atoms with van der Waals surface area (Å²) in [6.07, 6.45) is 14.2. The van der Waals surface area contributed by atoms with Crippen molar-refractivity contribution < 1.29 is 0 Å². The Labute approximate surface area is 81.7 Å². The van der Waals surface area contributed by atoms with Crippen LogP contribution in [0.3, 0.4) is 0 Å². The normalized spacial score (nSPS) is 31.8. The molecule has 0 nitrogen and oxygen atoms in total. The summed E-state index contributed by atoms with van der Waals surface area (Å²) < 4.78 is 0. The second kappa shape index (κ2) is 3.32. The average molecular weight is 176 g/mol. The molecule has 0 spiro atoms. The summed E-state index contributed by atoms with van der Waals surface area (Å²) in [5.41, 5.74) is 2.04. The average Bonchev–Trinajstić information content (AvgIpc) is 2.21. The molecule has 72 valence electrons. The number of fused-ring (bicyclic) bond motifs is 1. The summed E-state index contributed by atoms with van der Waals surface area (Å²) in [5.74, 6) is 0.881. The van der Waals surface area contributed by atoms with E-state index >= 15 is 0 Å². The lowest BCUT2D eigenvalue weighted by Gasteiger charge is -2.25. The lowest BCUT2D eigenvalue weighted by atomic mass is 9.80. The third-order valence-electron chi connectivity index (χ3n) is 3.32. The van der Waals surface area contributed by atoms with E-state index < -0.39 is 0 Å². The first-order valence-electron chi connectivity index (χ1n) is 5.57. The summed E-state index contributed by atoms with van der Waals surface area (Å²) in [4.78, 5) is 0. The molecule has 0 heterocycles. The van der Waals surface area contributed by atoms with Gasteiger partial charge in [-0.15, -0.1) is 0 Å². The van der Waals surface area contributed by atoms with E-state index in [4.69, 9.17) is 0 Å². The van der Waals surface area contributed by atoms with Crippen LogP contribution >= 0.6 is 0 Å². The molecule has 0 aromatic heterocycles. The first-order valence-corrected chi connectivity index (χ1v) is 5.57. The molecule has 0 bridgehead atoms. The molecule has 1 fully saturated rings. The molecular weight excluding hydrogens is 156 g/mol. The second-order valence-corrected chi connectivity index (χ2v) is 5.12. The molecule has 1 saturated carbocycles. The Balaban J connectivity index is 2.24. The highest BCUT2D eigenvalue weighted by Gasteiger charge is 2.23. The minimum Gasteiger partial charge on any atom is -0.0871 e. The van der Waals surface area contributed by atoms with Gasteiger partial charge in [-0.25, -0.2) is 0 Å². The number of hydrogen-bond acceptors (Lipinski definition) is 0. The molecule has 0 heteroatoms. The van der Waals surface area contributed by atoms with Crippen molar-refractivity contribution in [2.24, 2.45) is 11.3 Å². The van der Waals surface area contributed by atoms with Crippen LogP contribution in [0.5, 0.6) is 0 Å². The van der Waals surface area contributed by atoms with Crippen LogP contribution in [-0.4, -0.2) is 0 Å². The van der Waals surface area contributed by atoms with E-state index in [0.717, 1.165) is 5.92 Å². The van der Waals surface area contributed by atoms with E-state index in [1.165, 1.54) is 32.1 Å². The second-order valence-electron chi connectivity index (χ2n) is 5.12. The van der Waals surface area contributed by atoms with Crippen molar-refractivity contribution in [3.8, 4) is 0 Å². The van der Waals surface area contributed by atoms with Gasteiger partial charge in [-0.2, -0.15) is 0 Å². The summed E-state index contributed by atoms with van der Waals surface area (Å²) in [5, 5.41) is 0. The van der Waals surface area contributed by atoms with E-state index in [2.05, 4.69) is 32.1 Å². The highest BCUT2D eigenvalue weighted by Crippen LogP contribution is 2.37. The quantitative estimate of drug-likeness (QED) is 0.488. The van der Waals surface area contributed by atoms with Crippen LogP contribution in [0.25, 0.3) is 0 Å². The standard InChI is InChI=1S/C13H20/c1-13(2)9-5-8-11-6-3-4-7-12(11)10-13/h5,9-11H,3-4,6-8H2,1-2H3. The molecule has 0 aromatic rings. The van der Waals surface area contributed by atoms with Crippen LogP contribution in [0, 0.1) is 11.3 Å². The molecule has 0 saturated heterocycles. The van der Waals surface area contributed by atoms with Crippen LogP contribution in [-0.2, 0) is 0 Å². The molecule has 0 radical (unpaired) electrons. The molecule has 2 rings (SSSR count). The van der Waals surface area contributed by atoms with Gasteiger partial charge in [0.05, 0.1) is 0 Å². The van der Waals surface area contributed by atoms with E-state index in [0.29, 0.717) is 5.41 Å². The van der Waals surface area contributed by atoms with Crippen LogP contribution in [0.2, 0.25) is 0 Å². The molecule has 0 amide bonds. The smallest absolute Gasteiger partial charge is 0.000718 e. The Bertz CT molecular complexity index is 243. The highest BCUT2D eigenvalue weighted by atomic mass is 14.3. The van der Waals surface area contributed by atoms with Crippen molar-refractivity contribution in [1.82, 2.24) is 0 Å². The predicted molar refractivity (Wildman–Crippen MR) is 57.6 cm³/mol. The molecule has 1 atom stereocenters. The lowest BCUT2D eigenvalue weighted by Crippen LogP contribution is -2.10. The Morgan fingerprint density at radius 2 is 2.15 bits per heavy atom. The van der Waals surface area contributed by atoms with Gasteiger partial charge in [-0.05, 0) is 31.6 Å². The molecule has 2 aliphatic rings. The van der Waals surface area contributed by atoms with Crippen LogP contribution in [0.1, 0.15) is 46.0 Å². The van der Waals surface area contributed by atoms with Crippen LogP contribution in [0.15, 0.2) is 23.8 Å². The Morgan fingerprint density at radius 3 is 3.00 bits per heavy atom. The molecule has 2 aliphatic carbocycles. The number of rotatable bonds is 0. The van der Waals surface area contributed by atoms with E-state index in [9.17, 15) is 0 Å². The monoisotopic (exact) mass is 176 g/mol. The largest absolute Gasteiger partial charge is 0.0871 e. The molecule has 1 unspecified atom stereocenters. The maximum atomic E-state index is 2.51. The van der Waals surface area contributed by atoms with Crippen molar-refractivity contribution in [1.29, 1.82) is 0 Å². The van der Waals surface area contributed by atoms with Gasteiger partial charge >= 0.3 is 0 Å². The summed E-state index contributed by atoms with van der Waals surface area (Å²) in [6.45, 7) is 4.63. The van der Waals surface area contributed by atoms with Crippen LogP contribution in [0.4, 0.5) is 0 Å². The first kappa shape index (κ1) is 9.05. The summed E-state index contributed by atoms with van der Waals surface area (Å²) >= 11 is 0. The highest BCUT2D eigenvalue weighted by molar-refractivity contribution is 5.21. The van der Waals surface area contributed by atoms with Crippen molar-refractivity contribution in [2.45, 2.75) is 46.0 Å². The Morgan fingerprint density at radius 1 is 1.31 bits per heavy atom. The fourth-order valence-corrected chi connectivity index (χ4v) is 2.63. The minimum absolute atomic E-state index is 0.307. The van der Waals surface area contributed by atoms with Gasteiger partial charge in [0.25, 0.3) is 0 Å². The van der Waals surface area contributed by atoms with Gasteiger partial charge in [-0.3, -0.25) is 0 Å². The third-order valence-corrected chi connectivity index (χ3v) is 3.32. The maximum Gasteiger partial charge on any atom is 0.000718 e. The summed E-state index contributed by atoms with van der Waals surface area (Å²) in [7, 11) is 0. The topological polar surface area (TPSA) is 0 Å². The van der Waals surface area contributed by atoms with Crippen LogP contribution < -0.4 is 0 Å². The maximum absolute atomic E-state index is 2.51. The Hall–Kier alpha value is -0.520. The lowest BCUT2D eigenvalue weighted by molar-refractivity contribution is 0.453. The van der Waals surface area contributed by atoms with Gasteiger partial charge in [0, 0.05) is 5.41 Å². The zero-order chi connectivity index (χ0) is 9.31. The van der Waals surface area contributed by atoms with E-state index in [-0.39, 0.29) is 0 Å². The van der Waals surface area contributed by atoms with Gasteiger partial charge in [0.1, 0.15) is 0 Å². The zero-order valence-corrected chi connectivity index (χ0v) is 8.84. The van der Waals surface area contributed by atoms with Gasteiger partial charge in [0.2, 0.25) is 0 Å². The fraction of sp³-hybridized carbons (Fsp3) is 0.692. The zero-order valence-electron chi connectivity index (χ0n) is 8.84. The Kier molecular flexibility index (Phi) is 2.31. The molecule has 0 aliphatic heterocycles. The first-order chi connectivity index (χ1) is 6.17. The van der Waals surface area contributed by atoms with E-state index in [1.807, 2.05) is 0 Å². The molecular formula is C13H20. The van der Waals surface area contributed by atoms with Crippen molar-refractivity contribution >= 4 is 0 Å². The van der Waals surface area contributed by atoms with Crippen molar-refractivity contribution in [3.63, 3.8) is 0 Å². The number of hydrogen-bond donors (Lipinski definition) is 0. The van der Waals surface area contributed by atoms with Gasteiger partial charge in [0.15, 0.2) is 0 Å². The van der Waals surface area contributed by atoms with Gasteiger partial charge in [-0.1, -0.05) is 44.1 Å². The molecule has 0 aromatic carbocycles. The summed E-state index contributed by atoms with van der Waals surface area (Å²) in [6, 6.07) is 0. The SMILES string of the molecule is CC1(C)C=CCC2CCCCC2=C1. The fourth-order valence-electron chi connectivity index (χ4n) is 2.63. The number of allylic oxidation sites excluding steroid dienone is 4. The van der Waals surface area contributed by atoms with Crippen molar-refractivity contribution in [3.05, 3.63) is 23.8 Å². The minimum atomic E-state index is 0.307. The predicted octanol–water partition coefficient (Wildman–Crippen LogP) is 4.09. The van der Waals surface area contributed by atoms with Gasteiger partial charge < -0.3 is 0 Å². The molecule has 0 N–H and O–H groups in total. The van der Waals surface area contributed by atoms with E-state index in [1.54, 1.807) is 5.57 Å². The third kappa shape index (κ3) is 2.04.